The van der Waals surface area contributed by atoms with Crippen molar-refractivity contribution in [2.24, 2.45) is 5.92 Å². The lowest BCUT2D eigenvalue weighted by atomic mass is 9.98. The summed E-state index contributed by atoms with van der Waals surface area (Å²) in [4.78, 5) is 28.4. The molecule has 3 N–H and O–H groups in total. The third-order valence-electron chi connectivity index (χ3n) is 6.10. The van der Waals surface area contributed by atoms with Gasteiger partial charge in [0.15, 0.2) is 5.13 Å². The Labute approximate surface area is 222 Å². The summed E-state index contributed by atoms with van der Waals surface area (Å²) in [5, 5.41) is 15.6. The molecule has 0 saturated heterocycles. The van der Waals surface area contributed by atoms with Crippen LogP contribution in [0.1, 0.15) is 43.6 Å². The molecule has 1 aromatic heterocycles. The molecule has 6 nitrogen and oxygen atoms in total. The molecular weight excluding hydrogens is 515 g/mol. The molecule has 3 aromatic carbocycles. The average molecular weight is 544 g/mol. The predicted molar refractivity (Wildman–Crippen MR) is 145 cm³/mol. The van der Waals surface area contributed by atoms with Gasteiger partial charge in [0.1, 0.15) is 6.04 Å². The van der Waals surface area contributed by atoms with Gasteiger partial charge in [-0.25, -0.2) is 9.78 Å². The molecule has 0 aliphatic heterocycles. The Bertz CT molecular complexity index is 1420. The molecule has 0 aliphatic carbocycles. The second-order valence-electron chi connectivity index (χ2n) is 8.65. The molecule has 0 aliphatic rings. The Balaban J connectivity index is 0.00000400. The third-order valence-corrected chi connectivity index (χ3v) is 7.03. The SMILES string of the molecule is C.CC[C@H](C)[C@H](NC(=O)c1ccc(-c2ccc(Nc3nc4ccc(C(F)(F)F)cc4s3)cc2)cc1)C(=O)O. The number of fused-ring (bicyclic) bond motifs is 1. The molecule has 0 saturated carbocycles. The van der Waals surface area contributed by atoms with Crippen molar-refractivity contribution in [2.45, 2.75) is 39.9 Å². The number of amides is 1. The first-order valence-corrected chi connectivity index (χ1v) is 12.4. The van der Waals surface area contributed by atoms with Crippen molar-refractivity contribution in [2.75, 3.05) is 5.32 Å². The molecule has 0 unspecified atom stereocenters. The Kier molecular flexibility index (Phi) is 8.78. The summed E-state index contributed by atoms with van der Waals surface area (Å²) in [5.74, 6) is -1.71. The smallest absolute Gasteiger partial charge is 0.416 e. The highest BCUT2D eigenvalue weighted by Crippen LogP contribution is 2.35. The number of aliphatic carboxylic acids is 1. The zero-order valence-electron chi connectivity index (χ0n) is 20.0. The average Bonchev–Trinajstić information content (AvgIpc) is 3.28. The van der Waals surface area contributed by atoms with E-state index in [4.69, 9.17) is 0 Å². The van der Waals surface area contributed by atoms with E-state index in [1.54, 1.807) is 31.2 Å². The molecule has 1 amide bonds. The lowest BCUT2D eigenvalue weighted by Crippen LogP contribution is -2.45. The summed E-state index contributed by atoms with van der Waals surface area (Å²) in [5.41, 5.74) is 2.61. The number of rotatable bonds is 8. The Morgan fingerprint density at radius 3 is 2.16 bits per heavy atom. The fourth-order valence-corrected chi connectivity index (χ4v) is 4.67. The fourth-order valence-electron chi connectivity index (χ4n) is 3.75. The Morgan fingerprint density at radius 2 is 1.61 bits per heavy atom. The van der Waals surface area contributed by atoms with Crippen LogP contribution in [0.5, 0.6) is 0 Å². The van der Waals surface area contributed by atoms with Crippen LogP contribution in [-0.2, 0) is 11.0 Å². The number of nitrogens with one attached hydrogen (secondary N) is 2. The van der Waals surface area contributed by atoms with Gasteiger partial charge in [0.25, 0.3) is 5.91 Å². The maximum atomic E-state index is 13.0. The number of carbonyl (C=O) groups is 2. The number of alkyl halides is 3. The van der Waals surface area contributed by atoms with Crippen LogP contribution in [0.15, 0.2) is 66.7 Å². The second kappa shape index (κ2) is 11.6. The van der Waals surface area contributed by atoms with Crippen molar-refractivity contribution in [3.63, 3.8) is 0 Å². The van der Waals surface area contributed by atoms with Crippen LogP contribution in [0.3, 0.4) is 0 Å². The Hall–Kier alpha value is -3.92. The largest absolute Gasteiger partial charge is 0.480 e. The molecule has 0 bridgehead atoms. The highest BCUT2D eigenvalue weighted by molar-refractivity contribution is 7.22. The third kappa shape index (κ3) is 6.49. The Morgan fingerprint density at radius 1 is 1.00 bits per heavy atom. The van der Waals surface area contributed by atoms with Gasteiger partial charge in [-0.2, -0.15) is 13.2 Å². The molecular formula is C28H28F3N3O3S. The minimum atomic E-state index is -4.40. The van der Waals surface area contributed by atoms with E-state index in [9.17, 15) is 27.9 Å². The van der Waals surface area contributed by atoms with Crippen LogP contribution in [0.4, 0.5) is 24.0 Å². The number of carboxylic acid groups (broad SMARTS) is 1. The first-order valence-electron chi connectivity index (χ1n) is 11.5. The van der Waals surface area contributed by atoms with Gasteiger partial charge in [0, 0.05) is 11.3 Å². The van der Waals surface area contributed by atoms with Gasteiger partial charge in [0.05, 0.1) is 15.8 Å². The molecule has 4 aromatic rings. The molecule has 0 spiro atoms. The molecule has 38 heavy (non-hydrogen) atoms. The van der Waals surface area contributed by atoms with Gasteiger partial charge in [-0.05, 0) is 59.5 Å². The minimum Gasteiger partial charge on any atom is -0.480 e. The zero-order chi connectivity index (χ0) is 26.7. The van der Waals surface area contributed by atoms with E-state index < -0.39 is 29.7 Å². The monoisotopic (exact) mass is 543 g/mol. The van der Waals surface area contributed by atoms with Gasteiger partial charge in [-0.3, -0.25) is 4.79 Å². The normalized spacial score (nSPS) is 12.9. The van der Waals surface area contributed by atoms with Gasteiger partial charge < -0.3 is 15.7 Å². The standard InChI is InChI=1S/C27H24F3N3O3S.CH4/c1-3-15(2)23(25(35)36)33-24(34)18-6-4-16(5-7-18)17-8-11-20(12-9-17)31-26-32-21-13-10-19(27(28,29)30)14-22(21)37-26;/h4-15,23H,3H2,1-2H3,(H,31,32)(H,33,34)(H,35,36);1H4/t15-,23-;/m0./s1. The van der Waals surface area contributed by atoms with Crippen LogP contribution in [0.25, 0.3) is 21.3 Å². The number of benzene rings is 3. The highest BCUT2D eigenvalue weighted by Gasteiger charge is 2.30. The first kappa shape index (κ1) is 28.6. The van der Waals surface area contributed by atoms with E-state index in [2.05, 4.69) is 15.6 Å². The van der Waals surface area contributed by atoms with Gasteiger partial charge >= 0.3 is 12.1 Å². The van der Waals surface area contributed by atoms with E-state index in [-0.39, 0.29) is 13.3 Å². The molecule has 1 heterocycles. The lowest BCUT2D eigenvalue weighted by molar-refractivity contribution is -0.140. The molecule has 0 radical (unpaired) electrons. The first-order chi connectivity index (χ1) is 17.5. The van der Waals surface area contributed by atoms with Gasteiger partial charge in [0.2, 0.25) is 0 Å². The van der Waals surface area contributed by atoms with E-state index in [0.717, 1.165) is 40.3 Å². The van der Waals surface area contributed by atoms with E-state index in [0.29, 0.717) is 27.3 Å². The van der Waals surface area contributed by atoms with Crippen molar-refractivity contribution >= 4 is 44.2 Å². The number of aromatic nitrogens is 1. The van der Waals surface area contributed by atoms with Crippen molar-refractivity contribution in [1.82, 2.24) is 10.3 Å². The fraction of sp³-hybridized carbons (Fsp3) is 0.250. The van der Waals surface area contributed by atoms with Crippen molar-refractivity contribution in [3.8, 4) is 11.1 Å². The second-order valence-corrected chi connectivity index (χ2v) is 9.68. The minimum absolute atomic E-state index is 0. The number of anilines is 2. The summed E-state index contributed by atoms with van der Waals surface area (Å²) in [6, 6.07) is 16.8. The number of hydrogen-bond acceptors (Lipinski definition) is 5. The van der Waals surface area contributed by atoms with Gasteiger partial charge in [-0.15, -0.1) is 0 Å². The maximum absolute atomic E-state index is 13.0. The lowest BCUT2D eigenvalue weighted by Gasteiger charge is -2.20. The van der Waals surface area contributed by atoms with Crippen LogP contribution in [0, 0.1) is 5.92 Å². The van der Waals surface area contributed by atoms with Crippen LogP contribution in [-0.4, -0.2) is 28.0 Å². The molecule has 0 fully saturated rings. The number of thiazole rings is 1. The predicted octanol–water partition coefficient (Wildman–Crippen LogP) is 7.59. The van der Waals surface area contributed by atoms with Crippen molar-refractivity contribution in [1.29, 1.82) is 0 Å². The van der Waals surface area contributed by atoms with Crippen LogP contribution in [0.2, 0.25) is 0 Å². The summed E-state index contributed by atoms with van der Waals surface area (Å²) < 4.78 is 39.3. The van der Waals surface area contributed by atoms with E-state index in [1.165, 1.54) is 6.07 Å². The van der Waals surface area contributed by atoms with E-state index in [1.807, 2.05) is 31.2 Å². The molecule has 2 atom stereocenters. The summed E-state index contributed by atoms with van der Waals surface area (Å²) in [6.07, 6.45) is -3.78. The number of carbonyl (C=O) groups excluding carboxylic acids is 1. The number of nitrogens with zero attached hydrogens (tertiary/aromatic N) is 1. The summed E-state index contributed by atoms with van der Waals surface area (Å²) in [6.45, 7) is 3.65. The highest BCUT2D eigenvalue weighted by atomic mass is 32.1. The number of halogens is 3. The summed E-state index contributed by atoms with van der Waals surface area (Å²) >= 11 is 1.14. The molecule has 200 valence electrons. The topological polar surface area (TPSA) is 91.3 Å². The molecule has 10 heteroatoms. The van der Waals surface area contributed by atoms with Crippen LogP contribution >= 0.6 is 11.3 Å². The van der Waals surface area contributed by atoms with E-state index >= 15 is 0 Å². The van der Waals surface area contributed by atoms with Crippen molar-refractivity contribution < 1.29 is 27.9 Å². The molecule has 4 rings (SSSR count). The summed E-state index contributed by atoms with van der Waals surface area (Å²) in [7, 11) is 0. The maximum Gasteiger partial charge on any atom is 0.416 e. The van der Waals surface area contributed by atoms with Crippen molar-refractivity contribution in [3.05, 3.63) is 77.9 Å². The van der Waals surface area contributed by atoms with Gasteiger partial charge in [-0.1, -0.05) is 63.3 Å². The number of hydrogen-bond donors (Lipinski definition) is 3. The quantitative estimate of drug-likeness (QED) is 0.213. The van der Waals surface area contributed by atoms with Crippen LogP contribution < -0.4 is 10.6 Å². The zero-order valence-corrected chi connectivity index (χ0v) is 20.8. The number of carboxylic acids is 1.